The van der Waals surface area contributed by atoms with Gasteiger partial charge < -0.3 is 15.4 Å². The smallest absolute Gasteiger partial charge is 0.292 e. The number of anilines is 1. The molecule has 0 radical (unpaired) electrons. The van der Waals surface area contributed by atoms with Gasteiger partial charge in [-0.1, -0.05) is 12.8 Å². The van der Waals surface area contributed by atoms with Crippen molar-refractivity contribution in [1.29, 1.82) is 0 Å². The summed E-state index contributed by atoms with van der Waals surface area (Å²) in [7, 11) is 0. The number of amides is 1. The highest BCUT2D eigenvalue weighted by atomic mass is 16.6. The second-order valence-corrected chi connectivity index (χ2v) is 6.00. The zero-order chi connectivity index (χ0) is 15.7. The monoisotopic (exact) mass is 305 g/mol. The highest BCUT2D eigenvalue weighted by Crippen LogP contribution is 2.36. The van der Waals surface area contributed by atoms with Crippen LogP contribution in [0.4, 0.5) is 11.4 Å². The molecular weight excluding hydrogens is 286 g/mol. The van der Waals surface area contributed by atoms with Crippen molar-refractivity contribution in [3.63, 3.8) is 0 Å². The first-order valence-electron chi connectivity index (χ1n) is 7.48. The van der Waals surface area contributed by atoms with E-state index < -0.39 is 4.92 Å². The molecule has 118 valence electrons. The fraction of sp³-hybridized carbons (Fsp3) is 0.533. The first-order valence-corrected chi connectivity index (χ1v) is 7.48. The van der Waals surface area contributed by atoms with Crippen molar-refractivity contribution >= 4 is 17.3 Å². The van der Waals surface area contributed by atoms with Gasteiger partial charge in [-0.15, -0.1) is 0 Å². The fourth-order valence-electron chi connectivity index (χ4n) is 3.36. The van der Waals surface area contributed by atoms with E-state index in [2.05, 4.69) is 0 Å². The molecule has 22 heavy (non-hydrogen) atoms. The molecule has 1 saturated heterocycles. The third-order valence-electron chi connectivity index (χ3n) is 4.52. The Morgan fingerprint density at radius 2 is 2.09 bits per heavy atom. The highest BCUT2D eigenvalue weighted by molar-refractivity contribution is 5.95. The van der Waals surface area contributed by atoms with E-state index in [0.29, 0.717) is 25.3 Å². The normalized spacial score (nSPS) is 20.3. The van der Waals surface area contributed by atoms with Crippen molar-refractivity contribution in [2.75, 3.05) is 25.4 Å². The predicted octanol–water partition coefficient (Wildman–Crippen LogP) is 1.96. The molecule has 1 amide bonds. The Morgan fingerprint density at radius 3 is 2.77 bits per heavy atom. The van der Waals surface area contributed by atoms with Crippen LogP contribution in [-0.4, -0.2) is 41.0 Å². The number of hydrogen-bond donors (Lipinski definition) is 1. The van der Waals surface area contributed by atoms with Crippen molar-refractivity contribution in [3.05, 3.63) is 33.9 Å². The van der Waals surface area contributed by atoms with Gasteiger partial charge in [0.2, 0.25) is 0 Å². The number of carbonyl (C=O) groups excluding carboxylic acids is 1. The van der Waals surface area contributed by atoms with Gasteiger partial charge in [0, 0.05) is 18.2 Å². The Bertz CT molecular complexity index is 611. The summed E-state index contributed by atoms with van der Waals surface area (Å²) in [6.45, 7) is 1.59. The zero-order valence-electron chi connectivity index (χ0n) is 12.3. The van der Waals surface area contributed by atoms with E-state index in [9.17, 15) is 14.9 Å². The molecule has 2 fully saturated rings. The van der Waals surface area contributed by atoms with Gasteiger partial charge in [0.05, 0.1) is 23.7 Å². The van der Waals surface area contributed by atoms with Crippen LogP contribution in [-0.2, 0) is 4.74 Å². The molecule has 0 atom stereocenters. The molecule has 1 aromatic carbocycles. The van der Waals surface area contributed by atoms with Gasteiger partial charge in [-0.3, -0.25) is 14.9 Å². The Kier molecular flexibility index (Phi) is 3.74. The van der Waals surface area contributed by atoms with Crippen LogP contribution in [0.15, 0.2) is 18.2 Å². The molecule has 1 heterocycles. The first kappa shape index (κ1) is 14.8. The third-order valence-corrected chi connectivity index (χ3v) is 4.52. The number of benzene rings is 1. The third kappa shape index (κ3) is 2.64. The molecule has 0 bridgehead atoms. The minimum Gasteiger partial charge on any atom is -0.393 e. The molecule has 0 aromatic heterocycles. The lowest BCUT2D eigenvalue weighted by Crippen LogP contribution is -2.52. The molecule has 1 aromatic rings. The van der Waals surface area contributed by atoms with E-state index in [0.717, 1.165) is 25.7 Å². The summed E-state index contributed by atoms with van der Waals surface area (Å²) in [6, 6.07) is 4.22. The van der Waals surface area contributed by atoms with Crippen LogP contribution in [0.25, 0.3) is 0 Å². The van der Waals surface area contributed by atoms with Crippen molar-refractivity contribution in [2.45, 2.75) is 31.3 Å². The Balaban J connectivity index is 1.81. The summed E-state index contributed by atoms with van der Waals surface area (Å²) in [6.07, 6.45) is 4.18. The number of nitro groups is 1. The fourth-order valence-corrected chi connectivity index (χ4v) is 3.36. The number of nitrogen functional groups attached to an aromatic ring is 1. The van der Waals surface area contributed by atoms with Gasteiger partial charge in [0.15, 0.2) is 0 Å². The van der Waals surface area contributed by atoms with Gasteiger partial charge in [0.25, 0.3) is 11.6 Å². The number of nitro benzene ring substituents is 1. The maximum atomic E-state index is 12.6. The molecule has 2 aliphatic rings. The molecule has 0 unspecified atom stereocenters. The number of ether oxygens (including phenoxy) is 1. The molecule has 7 heteroatoms. The Labute approximate surface area is 128 Å². The number of morpholine rings is 1. The lowest BCUT2D eigenvalue weighted by atomic mass is 9.99. The number of hydrogen-bond acceptors (Lipinski definition) is 5. The highest BCUT2D eigenvalue weighted by Gasteiger charge is 2.40. The number of rotatable bonds is 2. The molecule has 1 saturated carbocycles. The summed E-state index contributed by atoms with van der Waals surface area (Å²) >= 11 is 0. The van der Waals surface area contributed by atoms with Gasteiger partial charge in [-0.2, -0.15) is 0 Å². The van der Waals surface area contributed by atoms with E-state index in [1.807, 2.05) is 0 Å². The van der Waals surface area contributed by atoms with Gasteiger partial charge in [-0.05, 0) is 25.0 Å². The minimum atomic E-state index is -0.566. The molecule has 1 aliphatic carbocycles. The van der Waals surface area contributed by atoms with Crippen LogP contribution < -0.4 is 5.73 Å². The average Bonchev–Trinajstić information content (AvgIpc) is 2.94. The second kappa shape index (κ2) is 5.57. The van der Waals surface area contributed by atoms with Crippen molar-refractivity contribution in [3.8, 4) is 0 Å². The molecule has 1 aliphatic heterocycles. The van der Waals surface area contributed by atoms with Crippen molar-refractivity contribution < 1.29 is 14.5 Å². The maximum Gasteiger partial charge on any atom is 0.292 e. The average molecular weight is 305 g/mol. The van der Waals surface area contributed by atoms with E-state index in [-0.39, 0.29) is 22.9 Å². The van der Waals surface area contributed by atoms with E-state index >= 15 is 0 Å². The van der Waals surface area contributed by atoms with Crippen LogP contribution >= 0.6 is 0 Å². The lowest BCUT2D eigenvalue weighted by Gasteiger charge is -2.40. The maximum absolute atomic E-state index is 12.6. The second-order valence-electron chi connectivity index (χ2n) is 6.00. The lowest BCUT2D eigenvalue weighted by molar-refractivity contribution is -0.383. The minimum absolute atomic E-state index is 0.0655. The van der Waals surface area contributed by atoms with Crippen LogP contribution in [0.5, 0.6) is 0 Å². The Hall–Kier alpha value is -2.15. The first-order chi connectivity index (χ1) is 10.5. The van der Waals surface area contributed by atoms with Gasteiger partial charge in [-0.25, -0.2) is 0 Å². The summed E-state index contributed by atoms with van der Waals surface area (Å²) < 4.78 is 5.90. The summed E-state index contributed by atoms with van der Waals surface area (Å²) in [5.41, 5.74) is 5.50. The van der Waals surface area contributed by atoms with E-state index in [1.165, 1.54) is 12.1 Å². The van der Waals surface area contributed by atoms with E-state index in [4.69, 9.17) is 10.5 Å². The van der Waals surface area contributed by atoms with Crippen LogP contribution in [0.3, 0.4) is 0 Å². The zero-order valence-corrected chi connectivity index (χ0v) is 12.3. The largest absolute Gasteiger partial charge is 0.393 e. The number of nitrogens with zero attached hydrogens (tertiary/aromatic N) is 2. The van der Waals surface area contributed by atoms with E-state index in [1.54, 1.807) is 11.0 Å². The summed E-state index contributed by atoms with van der Waals surface area (Å²) in [4.78, 5) is 24.8. The number of carbonyl (C=O) groups is 1. The predicted molar refractivity (Wildman–Crippen MR) is 80.6 cm³/mol. The molecule has 2 N–H and O–H groups in total. The quantitative estimate of drug-likeness (QED) is 0.511. The summed E-state index contributed by atoms with van der Waals surface area (Å²) in [5.74, 6) is -0.197. The molecule has 3 rings (SSSR count). The molecule has 1 spiro atoms. The number of nitrogens with two attached hydrogens (primary N) is 1. The standard InChI is InChI=1S/C15H19N3O4/c16-12-4-3-11(9-13(12)18(20)21)14(19)17-7-8-22-15(10-17)5-1-2-6-15/h3-4,9H,1-2,5-8,10,16H2. The van der Waals surface area contributed by atoms with Crippen LogP contribution in [0, 0.1) is 10.1 Å². The van der Waals surface area contributed by atoms with Gasteiger partial charge >= 0.3 is 0 Å². The van der Waals surface area contributed by atoms with Gasteiger partial charge in [0.1, 0.15) is 5.69 Å². The van der Waals surface area contributed by atoms with Crippen molar-refractivity contribution in [1.82, 2.24) is 4.90 Å². The topological polar surface area (TPSA) is 98.7 Å². The SMILES string of the molecule is Nc1ccc(C(=O)N2CCOC3(CCCC3)C2)cc1[N+](=O)[O-]. The summed E-state index contributed by atoms with van der Waals surface area (Å²) in [5, 5.41) is 11.0. The Morgan fingerprint density at radius 1 is 1.36 bits per heavy atom. The van der Waals surface area contributed by atoms with Crippen LogP contribution in [0.2, 0.25) is 0 Å². The molecular formula is C15H19N3O4. The molecule has 7 nitrogen and oxygen atoms in total. The van der Waals surface area contributed by atoms with Crippen LogP contribution in [0.1, 0.15) is 36.0 Å². The van der Waals surface area contributed by atoms with Crippen molar-refractivity contribution in [2.24, 2.45) is 0 Å².